The number of furan rings is 1. The quantitative estimate of drug-likeness (QED) is 0.436. The second-order valence-corrected chi connectivity index (χ2v) is 12.2. The van der Waals surface area contributed by atoms with Crippen LogP contribution in [0.25, 0.3) is 11.0 Å². The molecule has 0 bridgehead atoms. The summed E-state index contributed by atoms with van der Waals surface area (Å²) in [5.41, 5.74) is 1.75. The molecule has 3 aromatic rings. The van der Waals surface area contributed by atoms with Crippen LogP contribution in [0.1, 0.15) is 54.8 Å². The van der Waals surface area contributed by atoms with Gasteiger partial charge in [-0.3, -0.25) is 14.4 Å². The summed E-state index contributed by atoms with van der Waals surface area (Å²) in [5.74, 6) is -1.22. The van der Waals surface area contributed by atoms with Gasteiger partial charge >= 0.3 is 0 Å². The molecule has 11 heteroatoms. The smallest absolute Gasteiger partial charge is 0.287 e. The molecule has 0 radical (unpaired) electrons. The fourth-order valence-corrected chi connectivity index (χ4v) is 6.39. The molecule has 2 atom stereocenters. The fraction of sp³-hybridized carbons (Fsp3) is 0.429. The predicted octanol–water partition coefficient (Wildman–Crippen LogP) is 3.13. The molecular formula is C28H34N4O6S. The second-order valence-electron chi connectivity index (χ2n) is 10.3. The van der Waals surface area contributed by atoms with Crippen LogP contribution in [0.5, 0.6) is 0 Å². The lowest BCUT2D eigenvalue weighted by molar-refractivity contribution is -0.129. The summed E-state index contributed by atoms with van der Waals surface area (Å²) in [6, 6.07) is 8.82. The zero-order valence-corrected chi connectivity index (χ0v) is 23.4. The van der Waals surface area contributed by atoms with Crippen LogP contribution in [0, 0.1) is 19.8 Å². The van der Waals surface area contributed by atoms with Gasteiger partial charge in [-0.1, -0.05) is 38.1 Å². The molecule has 1 aliphatic heterocycles. The van der Waals surface area contributed by atoms with Gasteiger partial charge in [-0.25, -0.2) is 13.4 Å². The molecule has 1 saturated heterocycles. The van der Waals surface area contributed by atoms with E-state index < -0.39 is 39.7 Å². The van der Waals surface area contributed by atoms with Crippen molar-refractivity contribution in [3.05, 3.63) is 59.5 Å². The number of carbonyl (C=O) groups is 3. The minimum Gasteiger partial charge on any atom is -0.451 e. The van der Waals surface area contributed by atoms with Crippen molar-refractivity contribution >= 4 is 38.6 Å². The molecule has 208 valence electrons. The SMILES string of the molecule is Cc1cccnc1S(=O)(=O)N1CCC[C@@H](NC(=O)[C@@H](CC(C)C)NC(=O)c2oc3ccccc3c2C)C(=O)C1. The number of nitrogens with one attached hydrogen (secondary N) is 2. The highest BCUT2D eigenvalue weighted by Crippen LogP contribution is 2.25. The molecule has 0 spiro atoms. The minimum atomic E-state index is -3.97. The zero-order chi connectivity index (χ0) is 28.3. The monoisotopic (exact) mass is 554 g/mol. The standard InChI is InChI=1S/C28H34N4O6S/c1-17(2)15-22(31-27(35)25-19(4)20-10-5-6-12-24(20)38-25)26(34)30-21-11-8-14-32(16-23(21)33)39(36,37)28-18(3)9-7-13-29-28/h5-7,9-10,12-13,17,21-22H,8,11,14-16H2,1-4H3,(H,30,34)(H,31,35)/t21-,22-/m1/s1. The van der Waals surface area contributed by atoms with Crippen molar-refractivity contribution < 1.29 is 27.2 Å². The van der Waals surface area contributed by atoms with Crippen LogP contribution in [0.2, 0.25) is 0 Å². The number of Topliss-reactive ketones (excluding diaryl/α,β-unsaturated/α-hetero) is 1. The van der Waals surface area contributed by atoms with Gasteiger partial charge in [0.25, 0.3) is 15.9 Å². The first kappa shape index (κ1) is 28.4. The lowest BCUT2D eigenvalue weighted by Crippen LogP contribution is -2.52. The Bertz CT molecular complexity index is 1500. The number of benzene rings is 1. The molecule has 0 unspecified atom stereocenters. The van der Waals surface area contributed by atoms with Crippen molar-refractivity contribution in [1.29, 1.82) is 0 Å². The number of sulfonamides is 1. The van der Waals surface area contributed by atoms with Crippen LogP contribution < -0.4 is 10.6 Å². The Morgan fingerprint density at radius 1 is 1.15 bits per heavy atom. The van der Waals surface area contributed by atoms with E-state index in [1.807, 2.05) is 32.0 Å². The predicted molar refractivity (Wildman–Crippen MR) is 146 cm³/mol. The van der Waals surface area contributed by atoms with E-state index in [-0.39, 0.29) is 36.2 Å². The Balaban J connectivity index is 1.47. The van der Waals surface area contributed by atoms with Crippen LogP contribution in [0.4, 0.5) is 0 Å². The van der Waals surface area contributed by atoms with Crippen molar-refractivity contribution in [3.63, 3.8) is 0 Å². The van der Waals surface area contributed by atoms with Gasteiger partial charge in [-0.2, -0.15) is 4.31 Å². The van der Waals surface area contributed by atoms with Crippen molar-refractivity contribution in [2.24, 2.45) is 5.92 Å². The lowest BCUT2D eigenvalue weighted by atomic mass is 10.0. The first-order chi connectivity index (χ1) is 18.5. The Morgan fingerprint density at radius 2 is 1.90 bits per heavy atom. The normalized spacial score (nSPS) is 17.7. The van der Waals surface area contributed by atoms with Gasteiger partial charge in [-0.15, -0.1) is 0 Å². The number of ketones is 1. The number of nitrogens with zero attached hydrogens (tertiary/aromatic N) is 2. The number of para-hydroxylation sites is 1. The molecule has 0 saturated carbocycles. The highest BCUT2D eigenvalue weighted by molar-refractivity contribution is 7.89. The van der Waals surface area contributed by atoms with E-state index in [1.165, 1.54) is 6.20 Å². The molecule has 2 N–H and O–H groups in total. The molecular weight excluding hydrogens is 520 g/mol. The minimum absolute atomic E-state index is 0.0740. The van der Waals surface area contributed by atoms with E-state index in [4.69, 9.17) is 4.42 Å². The summed E-state index contributed by atoms with van der Waals surface area (Å²) in [5, 5.41) is 6.27. The summed E-state index contributed by atoms with van der Waals surface area (Å²) in [7, 11) is -3.97. The molecule has 1 aromatic carbocycles. The molecule has 2 amide bonds. The highest BCUT2D eigenvalue weighted by Gasteiger charge is 2.35. The number of aryl methyl sites for hydroxylation is 2. The highest BCUT2D eigenvalue weighted by atomic mass is 32.2. The van der Waals surface area contributed by atoms with Crippen LogP contribution in [-0.2, 0) is 19.6 Å². The molecule has 4 rings (SSSR count). The fourth-order valence-electron chi connectivity index (χ4n) is 4.81. The summed E-state index contributed by atoms with van der Waals surface area (Å²) in [4.78, 5) is 43.6. The van der Waals surface area contributed by atoms with E-state index in [9.17, 15) is 22.8 Å². The maximum absolute atomic E-state index is 13.3. The number of rotatable bonds is 8. The zero-order valence-electron chi connectivity index (χ0n) is 22.6. The van der Waals surface area contributed by atoms with E-state index >= 15 is 0 Å². The van der Waals surface area contributed by atoms with Crippen molar-refractivity contribution in [1.82, 2.24) is 19.9 Å². The number of hydrogen-bond donors (Lipinski definition) is 2. The second kappa shape index (κ2) is 11.7. The third-order valence-corrected chi connectivity index (χ3v) is 8.77. The van der Waals surface area contributed by atoms with Gasteiger partial charge in [0.15, 0.2) is 16.6 Å². The first-order valence-electron chi connectivity index (χ1n) is 13.0. The van der Waals surface area contributed by atoms with Crippen LogP contribution in [-0.4, -0.2) is 60.5 Å². The van der Waals surface area contributed by atoms with Crippen molar-refractivity contribution in [3.8, 4) is 0 Å². The largest absolute Gasteiger partial charge is 0.451 e. The maximum Gasteiger partial charge on any atom is 0.287 e. The van der Waals surface area contributed by atoms with Crippen molar-refractivity contribution in [2.75, 3.05) is 13.1 Å². The molecule has 1 fully saturated rings. The Kier molecular flexibility index (Phi) is 8.51. The van der Waals surface area contributed by atoms with Gasteiger partial charge in [0, 0.05) is 23.7 Å². The number of aromatic nitrogens is 1. The van der Waals surface area contributed by atoms with Crippen molar-refractivity contribution in [2.45, 2.75) is 64.1 Å². The van der Waals surface area contributed by atoms with E-state index in [2.05, 4.69) is 15.6 Å². The first-order valence-corrected chi connectivity index (χ1v) is 14.5. The molecule has 2 aromatic heterocycles. The van der Waals surface area contributed by atoms with E-state index in [1.54, 1.807) is 32.0 Å². The molecule has 3 heterocycles. The summed E-state index contributed by atoms with van der Waals surface area (Å²) in [6.07, 6.45) is 2.40. The number of hydrogen-bond acceptors (Lipinski definition) is 7. The number of pyridine rings is 1. The average Bonchev–Trinajstić information content (AvgIpc) is 3.11. The van der Waals surface area contributed by atoms with E-state index in [0.717, 1.165) is 9.69 Å². The van der Waals surface area contributed by atoms with Gasteiger partial charge in [0.1, 0.15) is 11.6 Å². The van der Waals surface area contributed by atoms with Crippen LogP contribution >= 0.6 is 0 Å². The summed E-state index contributed by atoms with van der Waals surface area (Å²) < 4.78 is 33.2. The lowest BCUT2D eigenvalue weighted by Gasteiger charge is -2.23. The number of amides is 2. The molecule has 39 heavy (non-hydrogen) atoms. The van der Waals surface area contributed by atoms with Crippen LogP contribution in [0.15, 0.2) is 52.0 Å². The summed E-state index contributed by atoms with van der Waals surface area (Å²) >= 11 is 0. The Labute approximate surface area is 228 Å². The summed E-state index contributed by atoms with van der Waals surface area (Å²) in [6.45, 7) is 7.06. The third kappa shape index (κ3) is 6.20. The molecule has 1 aliphatic rings. The van der Waals surface area contributed by atoms with Gasteiger partial charge in [0.05, 0.1) is 12.6 Å². The number of fused-ring (bicyclic) bond motifs is 1. The van der Waals surface area contributed by atoms with Gasteiger partial charge < -0.3 is 15.1 Å². The number of carbonyl (C=O) groups excluding carboxylic acids is 3. The van der Waals surface area contributed by atoms with Gasteiger partial charge in [0.2, 0.25) is 5.91 Å². The Hall–Kier alpha value is -3.57. The van der Waals surface area contributed by atoms with Crippen LogP contribution in [0.3, 0.4) is 0 Å². The third-order valence-electron chi connectivity index (χ3n) is 6.86. The maximum atomic E-state index is 13.3. The topological polar surface area (TPSA) is 139 Å². The Morgan fingerprint density at radius 3 is 2.59 bits per heavy atom. The van der Waals surface area contributed by atoms with E-state index in [0.29, 0.717) is 29.6 Å². The average molecular weight is 555 g/mol. The van der Waals surface area contributed by atoms with Gasteiger partial charge in [-0.05, 0) is 56.7 Å². The molecule has 10 nitrogen and oxygen atoms in total. The molecule has 0 aliphatic carbocycles.